The topological polar surface area (TPSA) is 33.7 Å². The van der Waals surface area contributed by atoms with E-state index in [4.69, 9.17) is 9.47 Å². The van der Waals surface area contributed by atoms with Crippen molar-refractivity contribution in [2.45, 2.75) is 12.7 Å². The Morgan fingerprint density at radius 2 is 1.85 bits per heavy atom. The van der Waals surface area contributed by atoms with E-state index in [1.165, 1.54) is 0 Å². The number of methoxy groups -OCH3 is 2. The third-order valence-electron chi connectivity index (χ3n) is 1.80. The lowest BCUT2D eigenvalue weighted by atomic mass is 10.4. The van der Waals surface area contributed by atoms with E-state index < -0.39 is 0 Å². The van der Waals surface area contributed by atoms with E-state index in [0.717, 1.165) is 26.1 Å². The van der Waals surface area contributed by atoms with Crippen LogP contribution in [0.4, 0.5) is 0 Å². The second-order valence-corrected chi connectivity index (χ2v) is 3.26. The highest BCUT2D eigenvalue weighted by molar-refractivity contribution is 4.52. The number of nitrogens with one attached hydrogen (secondary N) is 1. The fourth-order valence-corrected chi connectivity index (χ4v) is 1.00. The van der Waals surface area contributed by atoms with Crippen LogP contribution in [0.1, 0.15) is 6.42 Å². The molecule has 0 rings (SSSR count). The number of hydrogen-bond donors (Lipinski definition) is 1. The Kier molecular flexibility index (Phi) is 8.33. The van der Waals surface area contributed by atoms with Crippen molar-refractivity contribution in [1.29, 1.82) is 0 Å². The van der Waals surface area contributed by atoms with E-state index in [1.807, 2.05) is 0 Å². The van der Waals surface area contributed by atoms with Gasteiger partial charge in [-0.2, -0.15) is 0 Å². The summed E-state index contributed by atoms with van der Waals surface area (Å²) in [5.74, 6) is 0. The molecule has 0 aliphatic carbocycles. The Labute approximate surface area is 81.2 Å². The van der Waals surface area contributed by atoms with Gasteiger partial charge >= 0.3 is 0 Å². The predicted octanol–water partition coefficient (Wildman–Crippen LogP) is 0.147. The van der Waals surface area contributed by atoms with E-state index in [-0.39, 0.29) is 6.29 Å². The van der Waals surface area contributed by atoms with E-state index in [0.29, 0.717) is 0 Å². The summed E-state index contributed by atoms with van der Waals surface area (Å²) in [7, 11) is 7.45. The maximum absolute atomic E-state index is 5.03. The molecule has 4 heteroatoms. The van der Waals surface area contributed by atoms with Gasteiger partial charge in [-0.1, -0.05) is 0 Å². The molecule has 0 aromatic carbocycles. The first-order chi connectivity index (χ1) is 6.20. The molecule has 0 amide bonds. The summed E-state index contributed by atoms with van der Waals surface area (Å²) in [6.45, 7) is 2.86. The monoisotopic (exact) mass is 190 g/mol. The van der Waals surface area contributed by atoms with Crippen LogP contribution in [0.15, 0.2) is 0 Å². The van der Waals surface area contributed by atoms with E-state index in [2.05, 4.69) is 24.3 Å². The van der Waals surface area contributed by atoms with Gasteiger partial charge in [-0.25, -0.2) is 0 Å². The highest BCUT2D eigenvalue weighted by Crippen LogP contribution is 1.88. The van der Waals surface area contributed by atoms with Crippen LogP contribution in [-0.2, 0) is 9.47 Å². The van der Waals surface area contributed by atoms with Gasteiger partial charge in [0.1, 0.15) is 0 Å². The third kappa shape index (κ3) is 8.18. The van der Waals surface area contributed by atoms with Gasteiger partial charge in [-0.05, 0) is 33.6 Å². The molecular formula is C9H22N2O2. The molecule has 0 aliphatic rings. The van der Waals surface area contributed by atoms with Gasteiger partial charge in [-0.15, -0.1) is 0 Å². The summed E-state index contributed by atoms with van der Waals surface area (Å²) in [4.78, 5) is 2.17. The van der Waals surface area contributed by atoms with Crippen molar-refractivity contribution in [2.75, 3.05) is 47.9 Å². The lowest BCUT2D eigenvalue weighted by Crippen LogP contribution is -2.31. The van der Waals surface area contributed by atoms with Crippen LogP contribution in [0.2, 0.25) is 0 Å². The predicted molar refractivity (Wildman–Crippen MR) is 53.8 cm³/mol. The van der Waals surface area contributed by atoms with Crippen molar-refractivity contribution in [3.8, 4) is 0 Å². The summed E-state index contributed by atoms with van der Waals surface area (Å²) in [5.41, 5.74) is 0. The molecule has 0 fully saturated rings. The van der Waals surface area contributed by atoms with Crippen molar-refractivity contribution in [3.63, 3.8) is 0 Å². The van der Waals surface area contributed by atoms with Crippen molar-refractivity contribution in [2.24, 2.45) is 0 Å². The summed E-state index contributed by atoms with van der Waals surface area (Å²) >= 11 is 0. The molecule has 0 radical (unpaired) electrons. The maximum Gasteiger partial charge on any atom is 0.169 e. The summed E-state index contributed by atoms with van der Waals surface area (Å²) in [6, 6.07) is 0. The molecule has 0 heterocycles. The summed E-state index contributed by atoms with van der Waals surface area (Å²) in [5, 5.41) is 3.27. The van der Waals surface area contributed by atoms with Crippen LogP contribution < -0.4 is 5.32 Å². The lowest BCUT2D eigenvalue weighted by molar-refractivity contribution is -0.0986. The van der Waals surface area contributed by atoms with E-state index in [1.54, 1.807) is 14.2 Å². The lowest BCUT2D eigenvalue weighted by Gasteiger charge is -2.14. The van der Waals surface area contributed by atoms with Gasteiger partial charge in [0, 0.05) is 20.8 Å². The van der Waals surface area contributed by atoms with Gasteiger partial charge in [0.05, 0.1) is 0 Å². The minimum absolute atomic E-state index is 0.126. The van der Waals surface area contributed by atoms with Gasteiger partial charge in [0.2, 0.25) is 0 Å². The van der Waals surface area contributed by atoms with Crippen LogP contribution in [0.3, 0.4) is 0 Å². The minimum atomic E-state index is -0.126. The number of nitrogens with zero attached hydrogens (tertiary/aromatic N) is 1. The Hall–Kier alpha value is -0.160. The highest BCUT2D eigenvalue weighted by Gasteiger charge is 2.02. The van der Waals surface area contributed by atoms with Gasteiger partial charge in [0.15, 0.2) is 6.29 Å². The van der Waals surface area contributed by atoms with Crippen LogP contribution in [0.25, 0.3) is 0 Å². The first kappa shape index (κ1) is 12.8. The largest absolute Gasteiger partial charge is 0.355 e. The second-order valence-electron chi connectivity index (χ2n) is 3.26. The quantitative estimate of drug-likeness (QED) is 0.436. The molecule has 0 saturated carbocycles. The zero-order valence-electron chi connectivity index (χ0n) is 9.17. The van der Waals surface area contributed by atoms with E-state index >= 15 is 0 Å². The molecule has 1 N–H and O–H groups in total. The zero-order chi connectivity index (χ0) is 10.1. The van der Waals surface area contributed by atoms with Crippen molar-refractivity contribution < 1.29 is 9.47 Å². The molecule has 80 valence electrons. The molecule has 0 saturated heterocycles. The number of hydrogen-bond acceptors (Lipinski definition) is 4. The standard InChI is InChI=1S/C9H22N2O2/c1-11(2)7-5-6-10-8-9(12-3)13-4/h9-10H,5-8H2,1-4H3. The van der Waals surface area contributed by atoms with Crippen LogP contribution in [0, 0.1) is 0 Å². The van der Waals surface area contributed by atoms with Crippen molar-refractivity contribution in [3.05, 3.63) is 0 Å². The zero-order valence-corrected chi connectivity index (χ0v) is 9.17. The molecule has 0 aromatic heterocycles. The van der Waals surface area contributed by atoms with Crippen LogP contribution in [0.5, 0.6) is 0 Å². The average Bonchev–Trinajstić information content (AvgIpc) is 2.11. The van der Waals surface area contributed by atoms with Gasteiger partial charge in [0.25, 0.3) is 0 Å². The first-order valence-corrected chi connectivity index (χ1v) is 4.61. The smallest absolute Gasteiger partial charge is 0.169 e. The van der Waals surface area contributed by atoms with Crippen LogP contribution in [-0.4, -0.2) is 59.1 Å². The van der Waals surface area contributed by atoms with Crippen molar-refractivity contribution in [1.82, 2.24) is 10.2 Å². The van der Waals surface area contributed by atoms with Gasteiger partial charge in [-0.3, -0.25) is 0 Å². The normalized spacial score (nSPS) is 11.5. The van der Waals surface area contributed by atoms with Crippen LogP contribution >= 0.6 is 0 Å². The minimum Gasteiger partial charge on any atom is -0.355 e. The fourth-order valence-electron chi connectivity index (χ4n) is 1.00. The Balaban J connectivity index is 3.14. The van der Waals surface area contributed by atoms with E-state index in [9.17, 15) is 0 Å². The third-order valence-corrected chi connectivity index (χ3v) is 1.80. The SMILES string of the molecule is COC(CNCCCN(C)C)OC. The Morgan fingerprint density at radius 3 is 2.31 bits per heavy atom. The maximum atomic E-state index is 5.03. The molecule has 0 atom stereocenters. The number of ether oxygens (including phenoxy) is 2. The molecule has 0 aliphatic heterocycles. The molecule has 0 spiro atoms. The second kappa shape index (κ2) is 8.44. The van der Waals surface area contributed by atoms with Crippen molar-refractivity contribution >= 4 is 0 Å². The Bertz CT molecular complexity index is 106. The van der Waals surface area contributed by atoms with Gasteiger partial charge < -0.3 is 19.7 Å². The Morgan fingerprint density at radius 1 is 1.23 bits per heavy atom. The highest BCUT2D eigenvalue weighted by atomic mass is 16.7. The fraction of sp³-hybridized carbons (Fsp3) is 1.00. The molecule has 0 aromatic rings. The average molecular weight is 190 g/mol. The first-order valence-electron chi connectivity index (χ1n) is 4.61. The molecule has 13 heavy (non-hydrogen) atoms. The molecule has 4 nitrogen and oxygen atoms in total. The summed E-state index contributed by atoms with van der Waals surface area (Å²) in [6.07, 6.45) is 1.02. The molecule has 0 unspecified atom stereocenters. The molecular weight excluding hydrogens is 168 g/mol. The molecule has 0 bridgehead atoms. The number of rotatable bonds is 8. The summed E-state index contributed by atoms with van der Waals surface area (Å²) < 4.78 is 10.1.